The van der Waals surface area contributed by atoms with Crippen LogP contribution in [-0.2, 0) is 0 Å². The average Bonchev–Trinajstić information content (AvgIpc) is 2.41. The number of nitrogens with zero attached hydrogens (tertiary/aromatic N) is 1. The molecule has 0 bridgehead atoms. The van der Waals surface area contributed by atoms with E-state index < -0.39 is 0 Å². The van der Waals surface area contributed by atoms with E-state index in [0.29, 0.717) is 10.8 Å². The summed E-state index contributed by atoms with van der Waals surface area (Å²) in [6, 6.07) is 12.3. The number of hydrogen-bond donors (Lipinski definition) is 2. The molecule has 5 heteroatoms. The lowest BCUT2D eigenvalue weighted by Crippen LogP contribution is -1.91. The van der Waals surface area contributed by atoms with Crippen LogP contribution in [0.4, 0.5) is 5.69 Å². The van der Waals surface area contributed by atoms with Crippen molar-refractivity contribution in [3.63, 3.8) is 0 Å². The Kier molecular flexibility index (Phi) is 4.26. The summed E-state index contributed by atoms with van der Waals surface area (Å²) in [7, 11) is 1.50. The van der Waals surface area contributed by atoms with Crippen LogP contribution in [0.15, 0.2) is 47.6 Å². The maximum Gasteiger partial charge on any atom is 0.160 e. The fraction of sp³-hybridized carbons (Fsp3) is 0.0714. The second-order valence-corrected chi connectivity index (χ2v) is 4.24. The van der Waals surface area contributed by atoms with Crippen LogP contribution in [0.1, 0.15) is 5.56 Å². The van der Waals surface area contributed by atoms with Crippen LogP contribution in [0.2, 0.25) is 5.02 Å². The minimum atomic E-state index is 0.0814. The number of methoxy groups -OCH3 is 1. The number of halogens is 1. The van der Waals surface area contributed by atoms with Gasteiger partial charge in [-0.05, 0) is 48.0 Å². The molecule has 0 amide bonds. The lowest BCUT2D eigenvalue weighted by atomic mass is 10.2. The van der Waals surface area contributed by atoms with Gasteiger partial charge in [0.1, 0.15) is 0 Å². The molecule has 2 aromatic carbocycles. The first kappa shape index (κ1) is 13.2. The van der Waals surface area contributed by atoms with Gasteiger partial charge < -0.3 is 9.84 Å². The van der Waals surface area contributed by atoms with E-state index in [1.165, 1.54) is 7.11 Å². The van der Waals surface area contributed by atoms with Crippen molar-refractivity contribution in [3.8, 4) is 11.5 Å². The Labute approximate surface area is 116 Å². The van der Waals surface area contributed by atoms with E-state index in [4.69, 9.17) is 16.3 Å². The zero-order valence-corrected chi connectivity index (χ0v) is 11.1. The van der Waals surface area contributed by atoms with Crippen LogP contribution in [0.25, 0.3) is 0 Å². The maximum atomic E-state index is 9.62. The molecule has 2 rings (SSSR count). The molecule has 0 saturated carbocycles. The van der Waals surface area contributed by atoms with Crippen molar-refractivity contribution in [1.29, 1.82) is 0 Å². The van der Waals surface area contributed by atoms with Gasteiger partial charge in [-0.15, -0.1) is 0 Å². The Morgan fingerprint density at radius 2 is 1.95 bits per heavy atom. The number of hydrazone groups is 1. The minimum absolute atomic E-state index is 0.0814. The topological polar surface area (TPSA) is 53.8 Å². The number of phenolic OH excluding ortho intramolecular Hbond substituents is 1. The fourth-order valence-corrected chi connectivity index (χ4v) is 1.62. The van der Waals surface area contributed by atoms with Gasteiger partial charge in [0.25, 0.3) is 0 Å². The summed E-state index contributed by atoms with van der Waals surface area (Å²) in [6.07, 6.45) is 1.60. The summed E-state index contributed by atoms with van der Waals surface area (Å²) in [5.74, 6) is 0.515. The Morgan fingerprint density at radius 3 is 2.58 bits per heavy atom. The van der Waals surface area contributed by atoms with Crippen LogP contribution in [0, 0.1) is 0 Å². The normalized spacial score (nSPS) is 10.6. The highest BCUT2D eigenvalue weighted by molar-refractivity contribution is 6.30. The lowest BCUT2D eigenvalue weighted by Gasteiger charge is -2.03. The zero-order valence-electron chi connectivity index (χ0n) is 10.3. The number of rotatable bonds is 4. The van der Waals surface area contributed by atoms with E-state index in [2.05, 4.69) is 10.5 Å². The van der Waals surface area contributed by atoms with E-state index in [1.54, 1.807) is 36.5 Å². The minimum Gasteiger partial charge on any atom is -0.504 e. The van der Waals surface area contributed by atoms with Crippen molar-refractivity contribution in [2.75, 3.05) is 12.5 Å². The summed E-state index contributed by atoms with van der Waals surface area (Å²) < 4.78 is 4.96. The predicted octanol–water partition coefficient (Wildman–Crippen LogP) is 3.50. The summed E-state index contributed by atoms with van der Waals surface area (Å²) in [5.41, 5.74) is 4.46. The van der Waals surface area contributed by atoms with Gasteiger partial charge in [0.15, 0.2) is 11.5 Å². The SMILES string of the molecule is COc1ccc(/C=N\Nc2ccc(Cl)cc2)cc1O. The molecule has 2 N–H and O–H groups in total. The van der Waals surface area contributed by atoms with Crippen LogP contribution < -0.4 is 10.2 Å². The second kappa shape index (κ2) is 6.11. The van der Waals surface area contributed by atoms with Crippen molar-refractivity contribution in [2.24, 2.45) is 5.10 Å². The first-order valence-corrected chi connectivity index (χ1v) is 5.98. The highest BCUT2D eigenvalue weighted by atomic mass is 35.5. The van der Waals surface area contributed by atoms with Crippen molar-refractivity contribution < 1.29 is 9.84 Å². The largest absolute Gasteiger partial charge is 0.504 e. The first-order chi connectivity index (χ1) is 9.19. The van der Waals surface area contributed by atoms with E-state index in [-0.39, 0.29) is 5.75 Å². The monoisotopic (exact) mass is 276 g/mol. The van der Waals surface area contributed by atoms with Gasteiger partial charge in [0.2, 0.25) is 0 Å². The van der Waals surface area contributed by atoms with Crippen molar-refractivity contribution in [3.05, 3.63) is 53.1 Å². The molecule has 0 unspecified atom stereocenters. The number of aromatic hydroxyl groups is 1. The molecule has 0 atom stereocenters. The number of ether oxygens (including phenoxy) is 1. The summed E-state index contributed by atoms with van der Waals surface area (Å²) >= 11 is 5.78. The molecule has 0 fully saturated rings. The molecule has 0 saturated heterocycles. The highest BCUT2D eigenvalue weighted by Gasteiger charge is 2.00. The third-order valence-corrected chi connectivity index (χ3v) is 2.71. The van der Waals surface area contributed by atoms with Gasteiger partial charge in [-0.25, -0.2) is 0 Å². The molecule has 0 spiro atoms. The second-order valence-electron chi connectivity index (χ2n) is 3.81. The molecule has 19 heavy (non-hydrogen) atoms. The molecule has 98 valence electrons. The average molecular weight is 277 g/mol. The Hall–Kier alpha value is -2.20. The molecule has 2 aromatic rings. The molecule has 0 aliphatic heterocycles. The third-order valence-electron chi connectivity index (χ3n) is 2.45. The van der Waals surface area contributed by atoms with E-state index >= 15 is 0 Å². The number of phenols is 1. The van der Waals surface area contributed by atoms with Crippen LogP contribution >= 0.6 is 11.6 Å². The molecule has 0 heterocycles. The third kappa shape index (κ3) is 3.63. The van der Waals surface area contributed by atoms with Gasteiger partial charge in [0.05, 0.1) is 19.0 Å². The maximum absolute atomic E-state index is 9.62. The summed E-state index contributed by atoms with van der Waals surface area (Å²) in [6.45, 7) is 0. The van der Waals surface area contributed by atoms with Gasteiger partial charge in [-0.2, -0.15) is 5.10 Å². The van der Waals surface area contributed by atoms with Crippen molar-refractivity contribution >= 4 is 23.5 Å². The van der Waals surface area contributed by atoms with Crippen LogP contribution in [-0.4, -0.2) is 18.4 Å². The molecule has 0 aliphatic rings. The number of anilines is 1. The quantitative estimate of drug-likeness (QED) is 0.664. The highest BCUT2D eigenvalue weighted by Crippen LogP contribution is 2.25. The predicted molar refractivity (Wildman–Crippen MR) is 77.3 cm³/mol. The van der Waals surface area contributed by atoms with Gasteiger partial charge in [-0.3, -0.25) is 5.43 Å². The van der Waals surface area contributed by atoms with E-state index in [0.717, 1.165) is 11.3 Å². The smallest absolute Gasteiger partial charge is 0.160 e. The molecule has 4 nitrogen and oxygen atoms in total. The molecule has 0 aromatic heterocycles. The van der Waals surface area contributed by atoms with Gasteiger partial charge >= 0.3 is 0 Å². The molecular formula is C14H13ClN2O2. The Balaban J connectivity index is 2.02. The Bertz CT molecular complexity index is 582. The summed E-state index contributed by atoms with van der Waals surface area (Å²) in [4.78, 5) is 0. The number of benzene rings is 2. The number of nitrogens with one attached hydrogen (secondary N) is 1. The lowest BCUT2D eigenvalue weighted by molar-refractivity contribution is 0.373. The van der Waals surface area contributed by atoms with E-state index in [9.17, 15) is 5.11 Å². The Morgan fingerprint density at radius 1 is 1.21 bits per heavy atom. The van der Waals surface area contributed by atoms with Crippen LogP contribution in [0.3, 0.4) is 0 Å². The van der Waals surface area contributed by atoms with E-state index in [1.807, 2.05) is 12.1 Å². The summed E-state index contributed by atoms with van der Waals surface area (Å²) in [5, 5.41) is 14.4. The van der Waals surface area contributed by atoms with Gasteiger partial charge in [-0.1, -0.05) is 11.6 Å². The van der Waals surface area contributed by atoms with Crippen LogP contribution in [0.5, 0.6) is 11.5 Å². The molecule has 0 radical (unpaired) electrons. The number of hydrogen-bond acceptors (Lipinski definition) is 4. The van der Waals surface area contributed by atoms with Crippen molar-refractivity contribution in [1.82, 2.24) is 0 Å². The van der Waals surface area contributed by atoms with Gasteiger partial charge in [0, 0.05) is 5.02 Å². The first-order valence-electron chi connectivity index (χ1n) is 5.60. The molecular weight excluding hydrogens is 264 g/mol. The fourth-order valence-electron chi connectivity index (χ4n) is 1.49. The molecule has 0 aliphatic carbocycles. The zero-order chi connectivity index (χ0) is 13.7. The standard InChI is InChI=1S/C14H13ClN2O2/c1-19-14-7-2-10(8-13(14)18)9-16-17-12-5-3-11(15)4-6-12/h2-9,17-18H,1H3/b16-9-. The van der Waals surface area contributed by atoms with Crippen molar-refractivity contribution in [2.45, 2.75) is 0 Å².